The van der Waals surface area contributed by atoms with Crippen LogP contribution in [-0.4, -0.2) is 23.7 Å². The molecule has 0 bridgehead atoms. The lowest BCUT2D eigenvalue weighted by atomic mass is 10.0. The van der Waals surface area contributed by atoms with Gasteiger partial charge in [-0.25, -0.2) is 4.98 Å². The number of thiazole rings is 1. The van der Waals surface area contributed by atoms with E-state index in [4.69, 9.17) is 10.6 Å². The van der Waals surface area contributed by atoms with E-state index in [-0.39, 0.29) is 0 Å². The van der Waals surface area contributed by atoms with Crippen LogP contribution in [0.25, 0.3) is 0 Å². The maximum absolute atomic E-state index is 5.63. The zero-order valence-electron chi connectivity index (χ0n) is 11.0. The number of aryl methyl sites for hydroxylation is 1. The molecule has 0 saturated carbocycles. The number of aromatic nitrogens is 1. The summed E-state index contributed by atoms with van der Waals surface area (Å²) in [6, 6.07) is 0.331. The topological polar surface area (TPSA) is 60.2 Å². The third-order valence-electron chi connectivity index (χ3n) is 3.43. The second kappa shape index (κ2) is 7.19. The van der Waals surface area contributed by atoms with Crippen molar-refractivity contribution in [1.82, 2.24) is 10.4 Å². The Bertz CT molecular complexity index is 350. The van der Waals surface area contributed by atoms with Gasteiger partial charge in [0, 0.05) is 30.1 Å². The number of hydrogen-bond donors (Lipinski definition) is 2. The van der Waals surface area contributed by atoms with Gasteiger partial charge < -0.3 is 4.74 Å². The minimum Gasteiger partial charge on any atom is -0.378 e. The van der Waals surface area contributed by atoms with Gasteiger partial charge in [-0.15, -0.1) is 11.3 Å². The maximum Gasteiger partial charge on any atom is 0.0944 e. The molecule has 5 heteroatoms. The number of hydrogen-bond acceptors (Lipinski definition) is 5. The first kappa shape index (κ1) is 13.9. The van der Waals surface area contributed by atoms with Crippen molar-refractivity contribution >= 4 is 11.3 Å². The molecule has 1 saturated heterocycles. The Kier molecular flexibility index (Phi) is 5.56. The van der Waals surface area contributed by atoms with Crippen LogP contribution in [-0.2, 0) is 11.2 Å². The van der Waals surface area contributed by atoms with Gasteiger partial charge in [0.05, 0.1) is 11.1 Å². The van der Waals surface area contributed by atoms with Gasteiger partial charge in [0.2, 0.25) is 0 Å². The summed E-state index contributed by atoms with van der Waals surface area (Å²) in [5.41, 5.74) is 4.01. The average molecular weight is 269 g/mol. The number of nitrogens with one attached hydrogen (secondary N) is 1. The Balaban J connectivity index is 1.68. The molecule has 0 aliphatic carbocycles. The minimum atomic E-state index is 0.331. The van der Waals surface area contributed by atoms with Gasteiger partial charge in [-0.3, -0.25) is 11.3 Å². The molecular formula is C13H23N3OS. The Labute approximate surface area is 113 Å². The molecule has 1 aliphatic heterocycles. The fraction of sp³-hybridized carbons (Fsp3) is 0.769. The van der Waals surface area contributed by atoms with E-state index in [1.165, 1.54) is 24.3 Å². The standard InChI is InChI=1S/C13H23N3OS/c1-10-9-18-13(15-10)8-11(16-14)4-2-5-12-6-3-7-17-12/h9,11-12,16H,2-8,14H2,1H3. The number of nitrogens with zero attached hydrogens (tertiary/aromatic N) is 1. The first-order chi connectivity index (χ1) is 8.78. The summed E-state index contributed by atoms with van der Waals surface area (Å²) in [5, 5.41) is 3.27. The van der Waals surface area contributed by atoms with E-state index in [2.05, 4.69) is 15.8 Å². The highest BCUT2D eigenvalue weighted by molar-refractivity contribution is 7.09. The summed E-state index contributed by atoms with van der Waals surface area (Å²) < 4.78 is 5.63. The monoisotopic (exact) mass is 269 g/mol. The van der Waals surface area contributed by atoms with Crippen LogP contribution in [0.3, 0.4) is 0 Å². The van der Waals surface area contributed by atoms with Crippen molar-refractivity contribution in [3.8, 4) is 0 Å². The van der Waals surface area contributed by atoms with Gasteiger partial charge in [0.25, 0.3) is 0 Å². The van der Waals surface area contributed by atoms with Gasteiger partial charge in [-0.1, -0.05) is 0 Å². The maximum atomic E-state index is 5.63. The molecule has 2 unspecified atom stereocenters. The molecule has 2 rings (SSSR count). The fourth-order valence-electron chi connectivity index (χ4n) is 2.42. The number of hydrazine groups is 1. The van der Waals surface area contributed by atoms with Crippen molar-refractivity contribution < 1.29 is 4.74 Å². The second-order valence-electron chi connectivity index (χ2n) is 5.02. The Morgan fingerprint density at radius 1 is 1.67 bits per heavy atom. The molecule has 4 nitrogen and oxygen atoms in total. The molecular weight excluding hydrogens is 246 g/mol. The van der Waals surface area contributed by atoms with E-state index in [0.29, 0.717) is 12.1 Å². The van der Waals surface area contributed by atoms with Crippen molar-refractivity contribution in [2.75, 3.05) is 6.61 Å². The van der Waals surface area contributed by atoms with E-state index in [1.807, 2.05) is 6.92 Å². The second-order valence-corrected chi connectivity index (χ2v) is 5.96. The molecule has 2 atom stereocenters. The molecule has 0 aromatic carbocycles. The van der Waals surface area contributed by atoms with Crippen LogP contribution in [0.4, 0.5) is 0 Å². The normalized spacial score (nSPS) is 21.3. The molecule has 2 heterocycles. The van der Waals surface area contributed by atoms with Crippen molar-refractivity contribution in [1.29, 1.82) is 0 Å². The molecule has 1 aromatic heterocycles. The van der Waals surface area contributed by atoms with Gasteiger partial charge in [0.1, 0.15) is 0 Å². The lowest BCUT2D eigenvalue weighted by Crippen LogP contribution is -2.36. The first-order valence-corrected chi connectivity index (χ1v) is 7.64. The highest BCUT2D eigenvalue weighted by Crippen LogP contribution is 2.19. The molecule has 1 aromatic rings. The predicted molar refractivity (Wildman–Crippen MR) is 74.5 cm³/mol. The number of ether oxygens (including phenoxy) is 1. The van der Waals surface area contributed by atoms with E-state index in [9.17, 15) is 0 Å². The van der Waals surface area contributed by atoms with Crippen LogP contribution in [0.5, 0.6) is 0 Å². The quantitative estimate of drug-likeness (QED) is 0.588. The molecule has 18 heavy (non-hydrogen) atoms. The Morgan fingerprint density at radius 2 is 2.56 bits per heavy atom. The van der Waals surface area contributed by atoms with E-state index < -0.39 is 0 Å². The Hall–Kier alpha value is -0.490. The summed E-state index contributed by atoms with van der Waals surface area (Å²) in [5.74, 6) is 5.62. The van der Waals surface area contributed by atoms with E-state index in [1.54, 1.807) is 11.3 Å². The molecule has 102 valence electrons. The lowest BCUT2D eigenvalue weighted by Gasteiger charge is -2.15. The molecule has 0 radical (unpaired) electrons. The molecule has 1 aliphatic rings. The van der Waals surface area contributed by atoms with Gasteiger partial charge in [0.15, 0.2) is 0 Å². The summed E-state index contributed by atoms with van der Waals surface area (Å²) in [7, 11) is 0. The van der Waals surface area contributed by atoms with Crippen LogP contribution in [0.1, 0.15) is 42.8 Å². The zero-order valence-corrected chi connectivity index (χ0v) is 11.8. The van der Waals surface area contributed by atoms with Crippen LogP contribution in [0.2, 0.25) is 0 Å². The van der Waals surface area contributed by atoms with Gasteiger partial charge in [-0.05, 0) is 39.0 Å². The summed E-state index contributed by atoms with van der Waals surface area (Å²) in [6.07, 6.45) is 7.30. The molecule has 0 amide bonds. The molecule has 0 spiro atoms. The summed E-state index contributed by atoms with van der Waals surface area (Å²) in [6.45, 7) is 2.98. The third-order valence-corrected chi connectivity index (χ3v) is 4.41. The van der Waals surface area contributed by atoms with Crippen LogP contribution < -0.4 is 11.3 Å². The van der Waals surface area contributed by atoms with Crippen LogP contribution in [0, 0.1) is 6.92 Å². The van der Waals surface area contributed by atoms with Crippen LogP contribution in [0.15, 0.2) is 5.38 Å². The predicted octanol–water partition coefficient (Wildman–Crippen LogP) is 2.18. The number of rotatable bonds is 7. The van der Waals surface area contributed by atoms with E-state index >= 15 is 0 Å². The van der Waals surface area contributed by atoms with Crippen molar-refractivity contribution in [2.45, 2.75) is 57.6 Å². The largest absolute Gasteiger partial charge is 0.378 e. The summed E-state index contributed by atoms with van der Waals surface area (Å²) in [4.78, 5) is 4.48. The zero-order chi connectivity index (χ0) is 12.8. The summed E-state index contributed by atoms with van der Waals surface area (Å²) >= 11 is 1.72. The smallest absolute Gasteiger partial charge is 0.0944 e. The Morgan fingerprint density at radius 3 is 3.17 bits per heavy atom. The van der Waals surface area contributed by atoms with Crippen molar-refractivity contribution in [3.63, 3.8) is 0 Å². The van der Waals surface area contributed by atoms with Crippen molar-refractivity contribution in [3.05, 3.63) is 16.1 Å². The highest BCUT2D eigenvalue weighted by atomic mass is 32.1. The minimum absolute atomic E-state index is 0.331. The third kappa shape index (κ3) is 4.31. The number of nitrogens with two attached hydrogens (primary N) is 1. The average Bonchev–Trinajstić information content (AvgIpc) is 3.00. The molecule has 1 fully saturated rings. The fourth-order valence-corrected chi connectivity index (χ4v) is 3.27. The van der Waals surface area contributed by atoms with Crippen molar-refractivity contribution in [2.24, 2.45) is 5.84 Å². The van der Waals surface area contributed by atoms with E-state index in [0.717, 1.165) is 31.6 Å². The lowest BCUT2D eigenvalue weighted by molar-refractivity contribution is 0.101. The first-order valence-electron chi connectivity index (χ1n) is 6.76. The SMILES string of the molecule is Cc1csc(CC(CCCC2CCCO2)NN)n1. The van der Waals surface area contributed by atoms with Crippen LogP contribution >= 0.6 is 11.3 Å². The highest BCUT2D eigenvalue weighted by Gasteiger charge is 2.16. The van der Waals surface area contributed by atoms with Gasteiger partial charge in [-0.2, -0.15) is 0 Å². The molecule has 3 N–H and O–H groups in total. The van der Waals surface area contributed by atoms with Gasteiger partial charge >= 0.3 is 0 Å².